The number of pyridine rings is 1. The Hall–Kier alpha value is -3.53. The summed E-state index contributed by atoms with van der Waals surface area (Å²) in [5.74, 6) is -1.07. The lowest BCUT2D eigenvalue weighted by Crippen LogP contribution is -2.58. The average molecular weight is 482 g/mol. The minimum atomic E-state index is -1.07. The van der Waals surface area contributed by atoms with Crippen LogP contribution in [0.2, 0.25) is 0 Å². The first kappa shape index (κ1) is 23.2. The summed E-state index contributed by atoms with van der Waals surface area (Å²) >= 11 is 0. The van der Waals surface area contributed by atoms with E-state index in [1.807, 2.05) is 0 Å². The number of amides is 2. The third-order valence-corrected chi connectivity index (χ3v) is 6.80. The standard InChI is InChI=1S/C25H28FN5O4/c1-24(2,34)13-31-19-8-14(26)5-6-17(19)20(30-31)22(33)29-15-9-25(10-15)11-16(12-25)35-23-18(21(27)32)4-3-7-28-23/h3-8,15-16,34H,9-13H2,1-2H3,(H2,27,32)(H,29,33). The minimum absolute atomic E-state index is 0.00871. The molecule has 4 N–H and O–H groups in total. The number of carbonyl (C=O) groups is 2. The molecule has 0 unspecified atom stereocenters. The number of ether oxygens (including phenoxy) is 1. The number of nitrogens with two attached hydrogens (primary N) is 1. The molecular weight excluding hydrogens is 453 g/mol. The molecule has 10 heteroatoms. The molecule has 2 fully saturated rings. The van der Waals surface area contributed by atoms with Crippen molar-refractivity contribution in [1.29, 1.82) is 0 Å². The third kappa shape index (κ3) is 4.58. The molecule has 0 saturated heterocycles. The maximum absolute atomic E-state index is 13.9. The Morgan fingerprint density at radius 1 is 1.29 bits per heavy atom. The number of aliphatic hydroxyl groups is 1. The van der Waals surface area contributed by atoms with E-state index in [0.29, 0.717) is 10.9 Å². The number of aromatic nitrogens is 3. The van der Waals surface area contributed by atoms with Gasteiger partial charge in [0, 0.05) is 17.6 Å². The number of fused-ring (bicyclic) bond motifs is 1. The molecule has 2 aliphatic rings. The van der Waals surface area contributed by atoms with Crippen molar-refractivity contribution in [2.45, 2.75) is 63.8 Å². The first-order valence-corrected chi connectivity index (χ1v) is 11.6. The second-order valence-corrected chi connectivity index (χ2v) is 10.4. The van der Waals surface area contributed by atoms with Crippen LogP contribution in [-0.2, 0) is 6.54 Å². The third-order valence-electron chi connectivity index (χ3n) is 6.80. The molecule has 3 aromatic rings. The van der Waals surface area contributed by atoms with Gasteiger partial charge < -0.3 is 20.9 Å². The van der Waals surface area contributed by atoms with Gasteiger partial charge in [-0.2, -0.15) is 5.10 Å². The van der Waals surface area contributed by atoms with Crippen LogP contribution in [0.25, 0.3) is 10.9 Å². The largest absolute Gasteiger partial charge is 0.474 e. The molecule has 35 heavy (non-hydrogen) atoms. The number of nitrogens with one attached hydrogen (secondary N) is 1. The van der Waals surface area contributed by atoms with Crippen LogP contribution in [0, 0.1) is 11.2 Å². The summed E-state index contributed by atoms with van der Waals surface area (Å²) in [5.41, 5.74) is 5.37. The zero-order chi connectivity index (χ0) is 25.0. The SMILES string of the molecule is CC(C)(O)Cn1nc(C(=O)NC2CC3(C2)CC(Oc2ncccc2C(N)=O)C3)c2ccc(F)cc21. The predicted octanol–water partition coefficient (Wildman–Crippen LogP) is 2.56. The van der Waals surface area contributed by atoms with Crippen molar-refractivity contribution in [2.75, 3.05) is 0 Å². The van der Waals surface area contributed by atoms with E-state index in [0.717, 1.165) is 25.7 Å². The van der Waals surface area contributed by atoms with Crippen molar-refractivity contribution in [3.63, 3.8) is 0 Å². The summed E-state index contributed by atoms with van der Waals surface area (Å²) in [5, 5.41) is 18.2. The lowest BCUT2D eigenvalue weighted by molar-refractivity contribution is -0.0848. The Balaban J connectivity index is 1.20. The second-order valence-electron chi connectivity index (χ2n) is 10.4. The summed E-state index contributed by atoms with van der Waals surface area (Å²) in [6, 6.07) is 7.41. The quantitative estimate of drug-likeness (QED) is 0.475. The number of halogens is 1. The molecule has 2 amide bonds. The number of primary amides is 1. The van der Waals surface area contributed by atoms with Crippen molar-refractivity contribution >= 4 is 22.7 Å². The average Bonchev–Trinajstić information content (AvgIpc) is 3.06. The van der Waals surface area contributed by atoms with Crippen LogP contribution in [0.5, 0.6) is 5.88 Å². The Bertz CT molecular complexity index is 1300. The first-order valence-electron chi connectivity index (χ1n) is 11.6. The summed E-state index contributed by atoms with van der Waals surface area (Å²) in [6.45, 7) is 3.39. The van der Waals surface area contributed by atoms with Crippen LogP contribution in [0.15, 0.2) is 36.5 Å². The topological polar surface area (TPSA) is 132 Å². The lowest BCUT2D eigenvalue weighted by atomic mass is 9.53. The Labute approximate surface area is 201 Å². The monoisotopic (exact) mass is 481 g/mol. The van der Waals surface area contributed by atoms with Crippen molar-refractivity contribution in [3.8, 4) is 5.88 Å². The molecule has 0 radical (unpaired) electrons. The van der Waals surface area contributed by atoms with Gasteiger partial charge in [0.2, 0.25) is 5.88 Å². The zero-order valence-corrected chi connectivity index (χ0v) is 19.6. The number of benzene rings is 1. The summed E-state index contributed by atoms with van der Waals surface area (Å²) < 4.78 is 21.2. The van der Waals surface area contributed by atoms with Crippen molar-refractivity contribution in [2.24, 2.45) is 11.1 Å². The molecule has 1 aromatic carbocycles. The maximum atomic E-state index is 13.9. The predicted molar refractivity (Wildman–Crippen MR) is 125 cm³/mol. The van der Waals surface area contributed by atoms with Gasteiger partial charge in [-0.05, 0) is 75.3 Å². The Kier molecular flexibility index (Phi) is 5.51. The minimum Gasteiger partial charge on any atom is -0.474 e. The molecule has 2 heterocycles. The van der Waals surface area contributed by atoms with E-state index in [1.165, 1.54) is 16.8 Å². The second kappa shape index (κ2) is 8.30. The lowest BCUT2D eigenvalue weighted by Gasteiger charge is -2.57. The Morgan fingerprint density at radius 2 is 2.03 bits per heavy atom. The first-order chi connectivity index (χ1) is 16.5. The number of nitrogens with zero attached hydrogens (tertiary/aromatic N) is 3. The van der Waals surface area contributed by atoms with E-state index in [4.69, 9.17) is 10.5 Å². The van der Waals surface area contributed by atoms with Gasteiger partial charge in [-0.3, -0.25) is 14.3 Å². The summed E-state index contributed by atoms with van der Waals surface area (Å²) in [6.07, 6.45) is 4.79. The van der Waals surface area contributed by atoms with Gasteiger partial charge in [-0.25, -0.2) is 9.37 Å². The van der Waals surface area contributed by atoms with Crippen molar-refractivity contribution in [3.05, 3.63) is 53.6 Å². The van der Waals surface area contributed by atoms with Gasteiger partial charge in [0.25, 0.3) is 11.8 Å². The molecule has 184 valence electrons. The molecule has 5 rings (SSSR count). The zero-order valence-electron chi connectivity index (χ0n) is 19.6. The van der Waals surface area contributed by atoms with Gasteiger partial charge in [0.05, 0.1) is 17.7 Å². The summed E-state index contributed by atoms with van der Waals surface area (Å²) in [4.78, 5) is 28.7. The van der Waals surface area contributed by atoms with Gasteiger partial charge >= 0.3 is 0 Å². The molecule has 2 aliphatic carbocycles. The highest BCUT2D eigenvalue weighted by atomic mass is 19.1. The van der Waals surface area contributed by atoms with Gasteiger partial charge in [0.15, 0.2) is 5.69 Å². The van der Waals surface area contributed by atoms with Crippen LogP contribution in [0.1, 0.15) is 60.4 Å². The molecule has 9 nitrogen and oxygen atoms in total. The van der Waals surface area contributed by atoms with E-state index < -0.39 is 17.3 Å². The normalized spacial score (nSPS) is 23.5. The van der Waals surface area contributed by atoms with Crippen molar-refractivity contribution in [1.82, 2.24) is 20.1 Å². The van der Waals surface area contributed by atoms with E-state index >= 15 is 0 Å². The molecule has 0 bridgehead atoms. The van der Waals surface area contributed by atoms with E-state index in [9.17, 15) is 19.1 Å². The molecule has 2 aromatic heterocycles. The molecule has 1 spiro atoms. The number of rotatable bonds is 7. The number of hydrogen-bond donors (Lipinski definition) is 3. The van der Waals surface area contributed by atoms with Crippen LogP contribution < -0.4 is 15.8 Å². The molecule has 2 saturated carbocycles. The highest BCUT2D eigenvalue weighted by molar-refractivity contribution is 6.05. The van der Waals surface area contributed by atoms with Gasteiger partial charge in [0.1, 0.15) is 17.5 Å². The smallest absolute Gasteiger partial charge is 0.272 e. The molecular formula is C25H28FN5O4. The fraction of sp³-hybridized carbons (Fsp3) is 0.440. The molecule has 0 atom stereocenters. The van der Waals surface area contributed by atoms with E-state index in [-0.39, 0.29) is 47.2 Å². The van der Waals surface area contributed by atoms with E-state index in [2.05, 4.69) is 15.4 Å². The van der Waals surface area contributed by atoms with Crippen LogP contribution >= 0.6 is 0 Å². The maximum Gasteiger partial charge on any atom is 0.272 e. The summed E-state index contributed by atoms with van der Waals surface area (Å²) in [7, 11) is 0. The fourth-order valence-electron chi connectivity index (χ4n) is 5.30. The van der Waals surface area contributed by atoms with Gasteiger partial charge in [-0.15, -0.1) is 0 Å². The van der Waals surface area contributed by atoms with Gasteiger partial charge in [-0.1, -0.05) is 0 Å². The van der Waals surface area contributed by atoms with E-state index in [1.54, 1.807) is 38.2 Å². The highest BCUT2D eigenvalue weighted by Crippen LogP contribution is 2.56. The molecule has 0 aliphatic heterocycles. The fourth-order valence-corrected chi connectivity index (χ4v) is 5.30. The Morgan fingerprint density at radius 3 is 2.71 bits per heavy atom. The van der Waals surface area contributed by atoms with Crippen LogP contribution in [0.3, 0.4) is 0 Å². The number of carbonyl (C=O) groups excluding carboxylic acids is 2. The van der Waals surface area contributed by atoms with Crippen LogP contribution in [-0.4, -0.2) is 49.4 Å². The number of hydrogen-bond acceptors (Lipinski definition) is 6. The highest BCUT2D eigenvalue weighted by Gasteiger charge is 2.54. The van der Waals surface area contributed by atoms with Crippen molar-refractivity contribution < 1.29 is 23.8 Å². The van der Waals surface area contributed by atoms with Crippen LogP contribution in [0.4, 0.5) is 4.39 Å².